The molecule has 0 fully saturated rings. The second-order valence-corrected chi connectivity index (χ2v) is 8.01. The monoisotopic (exact) mass is 492 g/mol. The molecule has 184 valence electrons. The smallest absolute Gasteiger partial charge is 0.329 e. The van der Waals surface area contributed by atoms with Gasteiger partial charge in [-0.2, -0.15) is 5.10 Å². The molecule has 0 saturated heterocycles. The standard InChI is InChI=1S/C29H24N4O4/c1-20-14-16-22(17-15-20)31-27(34)25-12-5-6-13-26(25)32-28(35)29(36)33-30-19-21-8-7-11-24(18-21)37-23-9-3-2-4-10-23/h2-19H,1H3,(H,31,34)(H,32,35)(H,33,36). The van der Waals surface area contributed by atoms with Crippen LogP contribution < -0.4 is 20.8 Å². The fourth-order valence-electron chi connectivity index (χ4n) is 3.30. The second-order valence-electron chi connectivity index (χ2n) is 8.01. The molecule has 0 bridgehead atoms. The van der Waals surface area contributed by atoms with Gasteiger partial charge in [-0.15, -0.1) is 0 Å². The minimum absolute atomic E-state index is 0.196. The van der Waals surface area contributed by atoms with Crippen molar-refractivity contribution in [2.24, 2.45) is 5.10 Å². The molecule has 0 saturated carbocycles. The molecule has 0 radical (unpaired) electrons. The lowest BCUT2D eigenvalue weighted by molar-refractivity contribution is -0.136. The second kappa shape index (κ2) is 11.9. The normalized spacial score (nSPS) is 10.5. The Morgan fingerprint density at radius 2 is 1.43 bits per heavy atom. The lowest BCUT2D eigenvalue weighted by Crippen LogP contribution is -2.33. The molecule has 0 spiro atoms. The highest BCUT2D eigenvalue weighted by Crippen LogP contribution is 2.21. The van der Waals surface area contributed by atoms with Gasteiger partial charge in [-0.25, -0.2) is 5.43 Å². The maximum atomic E-state index is 12.7. The molecule has 0 unspecified atom stereocenters. The molecule has 8 nitrogen and oxygen atoms in total. The molecule has 4 rings (SSSR count). The molecule has 4 aromatic rings. The van der Waals surface area contributed by atoms with Crippen molar-refractivity contribution in [3.8, 4) is 11.5 Å². The summed E-state index contributed by atoms with van der Waals surface area (Å²) in [6.45, 7) is 1.95. The Morgan fingerprint density at radius 1 is 0.730 bits per heavy atom. The van der Waals surface area contributed by atoms with Crippen LogP contribution in [0.5, 0.6) is 11.5 Å². The van der Waals surface area contributed by atoms with Crippen LogP contribution in [0.1, 0.15) is 21.5 Å². The number of ether oxygens (including phenoxy) is 1. The average Bonchev–Trinajstić information content (AvgIpc) is 2.91. The number of para-hydroxylation sites is 2. The predicted molar refractivity (Wildman–Crippen MR) is 143 cm³/mol. The molecular formula is C29H24N4O4. The maximum absolute atomic E-state index is 12.7. The van der Waals surface area contributed by atoms with Crippen molar-refractivity contribution in [2.45, 2.75) is 6.92 Å². The first-order chi connectivity index (χ1) is 18.0. The zero-order valence-corrected chi connectivity index (χ0v) is 20.0. The van der Waals surface area contributed by atoms with E-state index in [-0.39, 0.29) is 11.3 Å². The number of hydrogen-bond acceptors (Lipinski definition) is 5. The van der Waals surface area contributed by atoms with Crippen LogP contribution in [0, 0.1) is 6.92 Å². The lowest BCUT2D eigenvalue weighted by Gasteiger charge is -2.11. The van der Waals surface area contributed by atoms with Gasteiger partial charge in [-0.05, 0) is 61.0 Å². The number of nitrogens with one attached hydrogen (secondary N) is 3. The van der Waals surface area contributed by atoms with Crippen molar-refractivity contribution in [3.63, 3.8) is 0 Å². The Kier molecular flexibility index (Phi) is 8.03. The van der Waals surface area contributed by atoms with Gasteiger partial charge in [0.25, 0.3) is 5.91 Å². The van der Waals surface area contributed by atoms with E-state index in [2.05, 4.69) is 21.2 Å². The minimum atomic E-state index is -0.985. The van der Waals surface area contributed by atoms with E-state index < -0.39 is 17.7 Å². The summed E-state index contributed by atoms with van der Waals surface area (Å²) in [5.74, 6) is -1.08. The number of nitrogens with zero attached hydrogens (tertiary/aromatic N) is 1. The third kappa shape index (κ3) is 7.12. The third-order valence-electron chi connectivity index (χ3n) is 5.15. The van der Waals surface area contributed by atoms with Crippen LogP contribution in [0.4, 0.5) is 11.4 Å². The molecule has 0 aliphatic carbocycles. The first-order valence-electron chi connectivity index (χ1n) is 11.4. The summed E-state index contributed by atoms with van der Waals surface area (Å²) in [5.41, 5.74) is 4.93. The summed E-state index contributed by atoms with van der Waals surface area (Å²) in [6, 6.07) is 30.1. The van der Waals surface area contributed by atoms with Crippen molar-refractivity contribution in [1.29, 1.82) is 0 Å². The average molecular weight is 493 g/mol. The van der Waals surface area contributed by atoms with Gasteiger partial charge < -0.3 is 15.4 Å². The van der Waals surface area contributed by atoms with E-state index in [0.29, 0.717) is 22.7 Å². The minimum Gasteiger partial charge on any atom is -0.457 e. The van der Waals surface area contributed by atoms with Gasteiger partial charge >= 0.3 is 11.8 Å². The molecule has 0 aliphatic heterocycles. The SMILES string of the molecule is Cc1ccc(NC(=O)c2ccccc2NC(=O)C(=O)NN=Cc2cccc(Oc3ccccc3)c2)cc1. The highest BCUT2D eigenvalue weighted by molar-refractivity contribution is 6.40. The maximum Gasteiger partial charge on any atom is 0.329 e. The summed E-state index contributed by atoms with van der Waals surface area (Å²) >= 11 is 0. The van der Waals surface area contributed by atoms with Gasteiger partial charge in [0, 0.05) is 5.69 Å². The molecule has 0 aliphatic rings. The van der Waals surface area contributed by atoms with Gasteiger partial charge in [0.15, 0.2) is 0 Å². The summed E-state index contributed by atoms with van der Waals surface area (Å²) in [5, 5.41) is 9.09. The number of benzene rings is 4. The van der Waals surface area contributed by atoms with Crippen LogP contribution in [0.25, 0.3) is 0 Å². The van der Waals surface area contributed by atoms with Gasteiger partial charge in [-0.3, -0.25) is 14.4 Å². The van der Waals surface area contributed by atoms with Crippen molar-refractivity contribution in [1.82, 2.24) is 5.43 Å². The van der Waals surface area contributed by atoms with Crippen molar-refractivity contribution in [2.75, 3.05) is 10.6 Å². The Bertz CT molecular complexity index is 1430. The number of amides is 3. The molecule has 0 atom stereocenters. The van der Waals surface area contributed by atoms with E-state index >= 15 is 0 Å². The van der Waals surface area contributed by atoms with Crippen molar-refractivity contribution >= 4 is 35.3 Å². The molecule has 0 heterocycles. The fraction of sp³-hybridized carbons (Fsp3) is 0.0345. The molecule has 0 aromatic heterocycles. The van der Waals surface area contributed by atoms with Crippen LogP contribution in [0.2, 0.25) is 0 Å². The molecular weight excluding hydrogens is 468 g/mol. The van der Waals surface area contributed by atoms with Crippen molar-refractivity contribution in [3.05, 3.63) is 120 Å². The Balaban J connectivity index is 1.35. The number of aryl methyl sites for hydroxylation is 1. The van der Waals surface area contributed by atoms with E-state index in [1.165, 1.54) is 12.3 Å². The number of rotatable bonds is 7. The van der Waals surface area contributed by atoms with E-state index in [4.69, 9.17) is 4.74 Å². The summed E-state index contributed by atoms with van der Waals surface area (Å²) < 4.78 is 5.78. The van der Waals surface area contributed by atoms with Crippen LogP contribution in [0.15, 0.2) is 108 Å². The first kappa shape index (κ1) is 24.9. The highest BCUT2D eigenvalue weighted by atomic mass is 16.5. The number of hydrogen-bond donors (Lipinski definition) is 3. The summed E-state index contributed by atoms with van der Waals surface area (Å²) in [7, 11) is 0. The van der Waals surface area contributed by atoms with Crippen LogP contribution >= 0.6 is 0 Å². The van der Waals surface area contributed by atoms with Gasteiger partial charge in [-0.1, -0.05) is 60.2 Å². The zero-order valence-electron chi connectivity index (χ0n) is 20.0. The number of carbonyl (C=O) groups is 3. The molecule has 3 N–H and O–H groups in total. The Morgan fingerprint density at radius 3 is 2.22 bits per heavy atom. The Labute approximate surface area is 214 Å². The van der Waals surface area contributed by atoms with Crippen molar-refractivity contribution < 1.29 is 19.1 Å². The zero-order chi connectivity index (χ0) is 26.0. The predicted octanol–water partition coefficient (Wildman–Crippen LogP) is 5.13. The summed E-state index contributed by atoms with van der Waals surface area (Å²) in [6.07, 6.45) is 1.39. The molecule has 4 aromatic carbocycles. The third-order valence-corrected chi connectivity index (χ3v) is 5.15. The van der Waals surface area contributed by atoms with E-state index in [1.54, 1.807) is 54.6 Å². The fourth-order valence-corrected chi connectivity index (χ4v) is 3.30. The van der Waals surface area contributed by atoms with E-state index in [9.17, 15) is 14.4 Å². The molecule has 8 heteroatoms. The molecule has 37 heavy (non-hydrogen) atoms. The van der Waals surface area contributed by atoms with Gasteiger partial charge in [0.05, 0.1) is 17.5 Å². The highest BCUT2D eigenvalue weighted by Gasteiger charge is 2.17. The lowest BCUT2D eigenvalue weighted by atomic mass is 10.1. The topological polar surface area (TPSA) is 109 Å². The molecule has 3 amide bonds. The van der Waals surface area contributed by atoms with E-state index in [1.807, 2.05) is 49.4 Å². The van der Waals surface area contributed by atoms with Crippen LogP contribution in [-0.4, -0.2) is 23.9 Å². The summed E-state index contributed by atoms with van der Waals surface area (Å²) in [4.78, 5) is 37.5. The Hall–Kier alpha value is -5.24. The van der Waals surface area contributed by atoms with Crippen LogP contribution in [0.3, 0.4) is 0 Å². The van der Waals surface area contributed by atoms with Gasteiger partial charge in [0.1, 0.15) is 11.5 Å². The van der Waals surface area contributed by atoms with Gasteiger partial charge in [0.2, 0.25) is 0 Å². The quantitative estimate of drug-likeness (QED) is 0.189. The number of anilines is 2. The number of carbonyl (C=O) groups excluding carboxylic acids is 3. The first-order valence-corrected chi connectivity index (χ1v) is 11.4. The van der Waals surface area contributed by atoms with E-state index in [0.717, 1.165) is 5.56 Å². The number of hydrazone groups is 1. The largest absolute Gasteiger partial charge is 0.457 e. The van der Waals surface area contributed by atoms with Crippen LogP contribution in [-0.2, 0) is 9.59 Å².